The third kappa shape index (κ3) is 11.4. The molecule has 0 aliphatic rings. The number of carbonyl (C=O) groups excluding carboxylic acids is 2. The van der Waals surface area contributed by atoms with Crippen molar-refractivity contribution in [1.82, 2.24) is 0 Å². The van der Waals surface area contributed by atoms with Crippen molar-refractivity contribution in [3.05, 3.63) is 162 Å². The van der Waals surface area contributed by atoms with Crippen molar-refractivity contribution in [1.29, 1.82) is 10.7 Å². The molecule has 13 heteroatoms. The summed E-state index contributed by atoms with van der Waals surface area (Å²) in [6.07, 6.45) is 0. The zero-order valence-corrected chi connectivity index (χ0v) is 31.2. The van der Waals surface area contributed by atoms with Crippen molar-refractivity contribution in [3.8, 4) is 28.3 Å². The van der Waals surface area contributed by atoms with Gasteiger partial charge in [-0.25, -0.2) is 13.6 Å². The quantitative estimate of drug-likeness (QED) is 0.0512. The van der Waals surface area contributed by atoms with Gasteiger partial charge in [-0.3, -0.25) is 15.0 Å². The Labute approximate surface area is 325 Å². The molecule has 0 aliphatic carbocycles. The molecule has 0 spiro atoms. The number of benzene rings is 6. The number of aryl methyl sites for hydroxylation is 1. The highest BCUT2D eigenvalue weighted by atomic mass is 32.2. The van der Waals surface area contributed by atoms with Crippen LogP contribution in [0.25, 0.3) is 22.3 Å². The van der Waals surface area contributed by atoms with Gasteiger partial charge in [-0.1, -0.05) is 84.9 Å². The Morgan fingerprint density at radius 2 is 1.14 bits per heavy atom. The fraction of sp³-hybridized carbons (Fsp3) is 0.0698. The number of hydrogen-bond acceptors (Lipinski definition) is 8. The van der Waals surface area contributed by atoms with E-state index in [1.165, 1.54) is 17.2 Å². The highest BCUT2D eigenvalue weighted by Gasteiger charge is 2.14. The van der Waals surface area contributed by atoms with E-state index in [1.807, 2.05) is 42.5 Å². The minimum atomic E-state index is -3.85. The van der Waals surface area contributed by atoms with Crippen LogP contribution in [-0.4, -0.2) is 39.2 Å². The van der Waals surface area contributed by atoms with Crippen molar-refractivity contribution < 1.29 is 18.0 Å². The van der Waals surface area contributed by atoms with Gasteiger partial charge in [-0.05, 0) is 89.8 Å². The van der Waals surface area contributed by atoms with Gasteiger partial charge < -0.3 is 27.0 Å². The molecule has 0 atom stereocenters. The first-order valence-electron chi connectivity index (χ1n) is 17.3. The number of primary sulfonamides is 1. The highest BCUT2D eigenvalue weighted by Crippen LogP contribution is 2.28. The van der Waals surface area contributed by atoms with E-state index in [0.717, 1.165) is 16.9 Å². The molecule has 2 amide bonds. The highest BCUT2D eigenvalue weighted by molar-refractivity contribution is 7.89. The van der Waals surface area contributed by atoms with Crippen LogP contribution in [0.1, 0.15) is 16.7 Å². The largest absolute Gasteiger partial charge is 0.384 e. The van der Waals surface area contributed by atoms with Crippen LogP contribution >= 0.6 is 0 Å². The van der Waals surface area contributed by atoms with Gasteiger partial charge in [0, 0.05) is 33.9 Å². The number of anilines is 4. The monoisotopic (exact) mass is 764 g/mol. The lowest BCUT2D eigenvalue weighted by molar-refractivity contribution is -0.115. The second-order valence-electron chi connectivity index (χ2n) is 12.5. The normalized spacial score (nSPS) is 10.5. The van der Waals surface area contributed by atoms with E-state index in [2.05, 4.69) is 46.4 Å². The number of nitrogens with two attached hydrogens (primary N) is 2. The fourth-order valence-corrected chi connectivity index (χ4v) is 6.35. The molecular formula is C43H40N8O4S. The smallest absolute Gasteiger partial charge is 0.243 e. The van der Waals surface area contributed by atoms with Crippen LogP contribution in [0.2, 0.25) is 0 Å². The van der Waals surface area contributed by atoms with E-state index in [4.69, 9.17) is 21.5 Å². The predicted molar refractivity (Wildman–Crippen MR) is 223 cm³/mol. The number of nitrogens with zero attached hydrogens (tertiary/aromatic N) is 1. The molecule has 0 heterocycles. The maximum Gasteiger partial charge on any atom is 0.243 e. The summed E-state index contributed by atoms with van der Waals surface area (Å²) >= 11 is 0. The summed E-state index contributed by atoms with van der Waals surface area (Å²) in [5.41, 5.74) is 14.0. The Morgan fingerprint density at radius 3 is 1.68 bits per heavy atom. The Balaban J connectivity index is 0.000000216. The fourth-order valence-electron chi connectivity index (χ4n) is 5.59. The molecular weight excluding hydrogens is 725 g/mol. The number of rotatable bonds is 12. The lowest BCUT2D eigenvalue weighted by Gasteiger charge is -2.11. The number of hydrogen-bond donors (Lipinski definition) is 7. The van der Waals surface area contributed by atoms with Gasteiger partial charge in [0.25, 0.3) is 0 Å². The van der Waals surface area contributed by atoms with Crippen LogP contribution in [0, 0.1) is 23.7 Å². The van der Waals surface area contributed by atoms with Crippen molar-refractivity contribution in [2.75, 3.05) is 34.4 Å². The van der Waals surface area contributed by atoms with Gasteiger partial charge in [0.1, 0.15) is 5.84 Å². The second kappa shape index (κ2) is 18.7. The number of sulfonamides is 1. The zero-order valence-electron chi connectivity index (χ0n) is 30.4. The minimum absolute atomic E-state index is 0.0252. The van der Waals surface area contributed by atoms with Crippen molar-refractivity contribution >= 4 is 50.4 Å². The molecule has 9 N–H and O–H groups in total. The van der Waals surface area contributed by atoms with Gasteiger partial charge in [-0.15, -0.1) is 0 Å². The Morgan fingerprint density at radius 1 is 0.643 bits per heavy atom. The summed E-state index contributed by atoms with van der Waals surface area (Å²) < 4.78 is 23.6. The van der Waals surface area contributed by atoms with E-state index in [0.29, 0.717) is 33.6 Å². The lowest BCUT2D eigenvalue weighted by atomic mass is 10.0. The summed E-state index contributed by atoms with van der Waals surface area (Å²) in [6, 6.07) is 45.3. The molecule has 0 saturated heterocycles. The Bertz CT molecular complexity index is 2500. The van der Waals surface area contributed by atoms with E-state index >= 15 is 0 Å². The lowest BCUT2D eigenvalue weighted by Crippen LogP contribution is -2.22. The number of nitrogen functional groups attached to an aromatic ring is 1. The third-order valence-electron chi connectivity index (χ3n) is 8.37. The number of amidine groups is 1. The average Bonchev–Trinajstić information content (AvgIpc) is 3.20. The Kier molecular flexibility index (Phi) is 13.3. The summed E-state index contributed by atoms with van der Waals surface area (Å²) in [7, 11) is -3.85. The van der Waals surface area contributed by atoms with Gasteiger partial charge in [-0.2, -0.15) is 5.26 Å². The van der Waals surface area contributed by atoms with Crippen LogP contribution < -0.4 is 32.1 Å². The molecule has 0 unspecified atom stereocenters. The molecule has 0 aliphatic heterocycles. The molecule has 6 aromatic carbocycles. The van der Waals surface area contributed by atoms with Gasteiger partial charge >= 0.3 is 0 Å². The summed E-state index contributed by atoms with van der Waals surface area (Å²) in [6.45, 7) is 2.24. The van der Waals surface area contributed by atoms with Crippen molar-refractivity contribution in [2.45, 2.75) is 11.8 Å². The van der Waals surface area contributed by atoms with Gasteiger partial charge in [0.05, 0.1) is 29.6 Å². The van der Waals surface area contributed by atoms with Crippen LogP contribution in [0.4, 0.5) is 22.7 Å². The first kappa shape index (κ1) is 39.9. The van der Waals surface area contributed by atoms with Gasteiger partial charge in [0.2, 0.25) is 21.8 Å². The molecule has 0 fully saturated rings. The second-order valence-corrected chi connectivity index (χ2v) is 14.0. The molecule has 6 rings (SSSR count). The molecule has 0 aromatic heterocycles. The summed E-state index contributed by atoms with van der Waals surface area (Å²) in [5, 5.41) is 33.3. The molecule has 0 saturated carbocycles. The number of carbonyl (C=O) groups is 2. The van der Waals surface area contributed by atoms with E-state index in [-0.39, 0.29) is 35.6 Å². The maximum atomic E-state index is 12.2. The van der Waals surface area contributed by atoms with Crippen molar-refractivity contribution in [3.63, 3.8) is 0 Å². The van der Waals surface area contributed by atoms with E-state index in [9.17, 15) is 18.0 Å². The van der Waals surface area contributed by atoms with E-state index in [1.54, 1.807) is 84.9 Å². The standard InChI is InChI=1S/C22H19N3O.C21H21N5O3S/c1-16-5-2-3-8-21(16)18-9-11-19(12-10-18)25-22(26)15-24-20-7-4-6-17(13-20)14-23;22-21(23)15-4-3-5-17(12-15)25-13-20(27)26-16-10-8-14(9-11-16)18-6-1-2-7-19(18)30(24,28)29/h2-13,24H,15H2,1H3,(H,25,26);1-12,25H,13H2,(H3,22,23)(H,26,27)(H2,24,28,29). The molecule has 0 bridgehead atoms. The zero-order chi connectivity index (χ0) is 40.1. The molecule has 12 nitrogen and oxygen atoms in total. The number of amides is 2. The number of nitrogens with one attached hydrogen (secondary N) is 5. The van der Waals surface area contributed by atoms with Crippen LogP contribution in [0.3, 0.4) is 0 Å². The molecule has 282 valence electrons. The third-order valence-corrected chi connectivity index (χ3v) is 9.34. The molecule has 56 heavy (non-hydrogen) atoms. The first-order chi connectivity index (χ1) is 26.9. The molecule has 6 aromatic rings. The van der Waals surface area contributed by atoms with Crippen LogP contribution in [0.5, 0.6) is 0 Å². The van der Waals surface area contributed by atoms with Crippen molar-refractivity contribution in [2.24, 2.45) is 10.9 Å². The summed E-state index contributed by atoms with van der Waals surface area (Å²) in [4.78, 5) is 24.4. The first-order valence-corrected chi connectivity index (χ1v) is 18.8. The average molecular weight is 765 g/mol. The van der Waals surface area contributed by atoms with Crippen LogP contribution in [-0.2, 0) is 19.6 Å². The SMILES string of the molecule is Cc1ccccc1-c1ccc(NC(=O)CNc2cccc(C#N)c2)cc1.N=C(N)c1cccc(NCC(=O)Nc2ccc(-c3ccccc3S(N)(=O)=O)cc2)c1. The maximum absolute atomic E-state index is 12.2. The van der Waals surface area contributed by atoms with Gasteiger partial charge in [0.15, 0.2) is 0 Å². The Hall–Kier alpha value is -7.27. The number of nitriles is 1. The topological polar surface area (TPSA) is 216 Å². The van der Waals surface area contributed by atoms with E-state index < -0.39 is 10.0 Å². The van der Waals surface area contributed by atoms with Crippen LogP contribution in [0.15, 0.2) is 150 Å². The predicted octanol–water partition coefficient (Wildman–Crippen LogP) is 6.92. The molecule has 0 radical (unpaired) electrons. The summed E-state index contributed by atoms with van der Waals surface area (Å²) in [5.74, 6) is -0.455. The minimum Gasteiger partial charge on any atom is -0.384 e.